The van der Waals surface area contributed by atoms with E-state index < -0.39 is 0 Å². The summed E-state index contributed by atoms with van der Waals surface area (Å²) in [7, 11) is 4.06. The van der Waals surface area contributed by atoms with Crippen molar-refractivity contribution < 1.29 is 4.39 Å². The maximum atomic E-state index is 13.3. The normalized spacial score (nSPS) is 13.1. The second kappa shape index (κ2) is 6.38. The number of nitrogens with one attached hydrogen (secondary N) is 1. The maximum absolute atomic E-state index is 13.3. The molecule has 0 radical (unpaired) electrons. The van der Waals surface area contributed by atoms with E-state index in [1.54, 1.807) is 6.07 Å². The maximum Gasteiger partial charge on any atom is 0.139 e. The lowest BCUT2D eigenvalue weighted by molar-refractivity contribution is 0.344. The summed E-state index contributed by atoms with van der Waals surface area (Å²) in [6.45, 7) is 5.19. The Bertz CT molecular complexity index is 407. The molecule has 0 bridgehead atoms. The van der Waals surface area contributed by atoms with E-state index >= 15 is 0 Å². The largest absolute Gasteiger partial charge is 0.397 e. The molecule has 3 N–H and O–H groups in total. The van der Waals surface area contributed by atoms with Crippen molar-refractivity contribution in [3.05, 3.63) is 22.4 Å². The third-order valence-electron chi connectivity index (χ3n) is 2.80. The summed E-state index contributed by atoms with van der Waals surface area (Å²) in [6, 6.07) is 3.29. The zero-order chi connectivity index (χ0) is 13.9. The Hall–Kier alpha value is -0.810. The predicted octanol–water partition coefficient (Wildman–Crippen LogP) is 3.17. The van der Waals surface area contributed by atoms with Crippen LogP contribution >= 0.6 is 15.9 Å². The molecule has 0 saturated carbocycles. The van der Waals surface area contributed by atoms with Crippen molar-refractivity contribution in [2.75, 3.05) is 31.7 Å². The van der Waals surface area contributed by atoms with E-state index in [-0.39, 0.29) is 11.9 Å². The lowest BCUT2D eigenvalue weighted by Crippen LogP contribution is -2.36. The summed E-state index contributed by atoms with van der Waals surface area (Å²) >= 11 is 3.18. The Morgan fingerprint density at radius 2 is 2.00 bits per heavy atom. The number of nitrogens with zero attached hydrogens (tertiary/aromatic N) is 1. The molecule has 18 heavy (non-hydrogen) atoms. The van der Waals surface area contributed by atoms with Gasteiger partial charge in [0.15, 0.2) is 0 Å². The van der Waals surface area contributed by atoms with Crippen molar-refractivity contribution in [2.24, 2.45) is 5.92 Å². The van der Waals surface area contributed by atoms with E-state index in [1.165, 1.54) is 6.07 Å². The quantitative estimate of drug-likeness (QED) is 0.820. The molecule has 102 valence electrons. The Kier molecular flexibility index (Phi) is 5.41. The van der Waals surface area contributed by atoms with Gasteiger partial charge in [0.25, 0.3) is 0 Å². The number of benzene rings is 1. The second-order valence-electron chi connectivity index (χ2n) is 5.11. The van der Waals surface area contributed by atoms with Crippen LogP contribution in [0, 0.1) is 11.7 Å². The Morgan fingerprint density at radius 1 is 1.39 bits per heavy atom. The van der Waals surface area contributed by atoms with E-state index in [9.17, 15) is 4.39 Å². The first kappa shape index (κ1) is 15.2. The highest BCUT2D eigenvalue weighted by Gasteiger charge is 2.16. The Morgan fingerprint density at radius 3 is 2.50 bits per heavy atom. The molecule has 1 aromatic carbocycles. The third kappa shape index (κ3) is 4.14. The van der Waals surface area contributed by atoms with E-state index in [1.807, 2.05) is 14.1 Å². The molecule has 1 unspecified atom stereocenters. The number of halogens is 2. The highest BCUT2D eigenvalue weighted by Crippen LogP contribution is 2.28. The summed E-state index contributed by atoms with van der Waals surface area (Å²) in [6.07, 6.45) is 0. The topological polar surface area (TPSA) is 41.3 Å². The molecular formula is C13H21BrFN3. The number of anilines is 2. The first-order valence-electron chi connectivity index (χ1n) is 5.97. The minimum absolute atomic E-state index is 0.264. The van der Waals surface area contributed by atoms with Crippen LogP contribution in [0.4, 0.5) is 15.8 Å². The molecule has 1 atom stereocenters. The van der Waals surface area contributed by atoms with Crippen LogP contribution in [0.1, 0.15) is 13.8 Å². The first-order chi connectivity index (χ1) is 8.31. The van der Waals surface area contributed by atoms with Crippen LogP contribution in [0.15, 0.2) is 16.6 Å². The molecule has 0 aromatic heterocycles. The summed E-state index contributed by atoms with van der Waals surface area (Å²) in [5.41, 5.74) is 7.03. The number of likely N-dealkylation sites (N-methyl/N-ethyl adjacent to an activating group) is 1. The fraction of sp³-hybridized carbons (Fsp3) is 0.538. The predicted molar refractivity (Wildman–Crippen MR) is 79.3 cm³/mol. The van der Waals surface area contributed by atoms with Gasteiger partial charge in [-0.25, -0.2) is 4.39 Å². The van der Waals surface area contributed by atoms with Gasteiger partial charge in [0.1, 0.15) is 5.82 Å². The molecule has 0 aliphatic heterocycles. The van der Waals surface area contributed by atoms with E-state index in [4.69, 9.17) is 5.73 Å². The molecule has 0 fully saturated rings. The van der Waals surface area contributed by atoms with Gasteiger partial charge in [0.05, 0.1) is 15.8 Å². The van der Waals surface area contributed by atoms with Gasteiger partial charge >= 0.3 is 0 Å². The number of hydrogen-bond donors (Lipinski definition) is 2. The van der Waals surface area contributed by atoms with Crippen LogP contribution in [0.5, 0.6) is 0 Å². The van der Waals surface area contributed by atoms with Crippen molar-refractivity contribution in [3.8, 4) is 0 Å². The van der Waals surface area contributed by atoms with Crippen LogP contribution in [-0.4, -0.2) is 31.6 Å². The number of hydrogen-bond acceptors (Lipinski definition) is 3. The Labute approximate surface area is 117 Å². The molecule has 0 heterocycles. The van der Waals surface area contributed by atoms with Gasteiger partial charge in [0, 0.05) is 18.7 Å². The highest BCUT2D eigenvalue weighted by molar-refractivity contribution is 9.10. The van der Waals surface area contributed by atoms with Gasteiger partial charge < -0.3 is 16.0 Å². The molecule has 0 aliphatic rings. The van der Waals surface area contributed by atoms with Crippen LogP contribution in [-0.2, 0) is 0 Å². The van der Waals surface area contributed by atoms with Gasteiger partial charge in [0.2, 0.25) is 0 Å². The van der Waals surface area contributed by atoms with Crippen molar-refractivity contribution in [1.29, 1.82) is 0 Å². The zero-order valence-corrected chi connectivity index (χ0v) is 12.9. The van der Waals surface area contributed by atoms with Crippen LogP contribution in [0.25, 0.3) is 0 Å². The molecule has 0 aliphatic carbocycles. The molecule has 0 spiro atoms. The molecule has 0 amide bonds. The number of rotatable bonds is 5. The SMILES string of the molecule is CC(C)C(CN(C)C)Nc1cc(Br)c(F)cc1N. The summed E-state index contributed by atoms with van der Waals surface area (Å²) in [5.74, 6) is 0.113. The lowest BCUT2D eigenvalue weighted by Gasteiger charge is -2.27. The monoisotopic (exact) mass is 317 g/mol. The lowest BCUT2D eigenvalue weighted by atomic mass is 10.0. The summed E-state index contributed by atoms with van der Waals surface area (Å²) in [5, 5.41) is 3.38. The zero-order valence-electron chi connectivity index (χ0n) is 11.3. The van der Waals surface area contributed by atoms with Crippen molar-refractivity contribution in [3.63, 3.8) is 0 Å². The van der Waals surface area contributed by atoms with Crippen LogP contribution in [0.3, 0.4) is 0 Å². The number of nitrogens with two attached hydrogens (primary N) is 1. The smallest absolute Gasteiger partial charge is 0.139 e. The standard InChI is InChI=1S/C13H21BrFN3/c1-8(2)13(7-18(3)4)17-12-5-9(14)10(15)6-11(12)16/h5-6,8,13,17H,7,16H2,1-4H3. The minimum atomic E-state index is -0.341. The average Bonchev–Trinajstić information content (AvgIpc) is 2.23. The summed E-state index contributed by atoms with van der Waals surface area (Å²) in [4.78, 5) is 2.12. The van der Waals surface area contributed by atoms with Crippen LogP contribution < -0.4 is 11.1 Å². The van der Waals surface area contributed by atoms with Gasteiger partial charge in [-0.3, -0.25) is 0 Å². The van der Waals surface area contributed by atoms with Crippen molar-refractivity contribution >= 4 is 27.3 Å². The molecular weight excluding hydrogens is 297 g/mol. The highest BCUT2D eigenvalue weighted by atomic mass is 79.9. The second-order valence-corrected chi connectivity index (χ2v) is 5.96. The van der Waals surface area contributed by atoms with E-state index in [0.717, 1.165) is 12.2 Å². The van der Waals surface area contributed by atoms with Crippen molar-refractivity contribution in [1.82, 2.24) is 4.90 Å². The van der Waals surface area contributed by atoms with E-state index in [0.29, 0.717) is 16.1 Å². The van der Waals surface area contributed by atoms with Crippen molar-refractivity contribution in [2.45, 2.75) is 19.9 Å². The molecule has 0 saturated heterocycles. The molecule has 5 heteroatoms. The molecule has 1 aromatic rings. The van der Waals surface area contributed by atoms with Gasteiger partial charge in [-0.2, -0.15) is 0 Å². The van der Waals surface area contributed by atoms with Gasteiger partial charge in [-0.1, -0.05) is 13.8 Å². The first-order valence-corrected chi connectivity index (χ1v) is 6.76. The Balaban J connectivity index is 2.90. The minimum Gasteiger partial charge on any atom is -0.397 e. The fourth-order valence-corrected chi connectivity index (χ4v) is 2.05. The molecule has 1 rings (SSSR count). The third-order valence-corrected chi connectivity index (χ3v) is 3.41. The van der Waals surface area contributed by atoms with E-state index in [2.05, 4.69) is 40.0 Å². The van der Waals surface area contributed by atoms with Gasteiger partial charge in [-0.15, -0.1) is 0 Å². The summed E-state index contributed by atoms with van der Waals surface area (Å²) < 4.78 is 13.7. The average molecular weight is 318 g/mol. The molecule has 3 nitrogen and oxygen atoms in total. The van der Waals surface area contributed by atoms with Crippen LogP contribution in [0.2, 0.25) is 0 Å². The number of nitrogen functional groups attached to an aromatic ring is 1. The fourth-order valence-electron chi connectivity index (χ4n) is 1.70. The van der Waals surface area contributed by atoms with Gasteiger partial charge in [-0.05, 0) is 42.0 Å².